The van der Waals surface area contributed by atoms with Crippen molar-refractivity contribution in [2.45, 2.75) is 4.90 Å². The average Bonchev–Trinajstić information content (AvgIpc) is 3.49. The number of hydrogen-bond acceptors (Lipinski definition) is 5. The summed E-state index contributed by atoms with van der Waals surface area (Å²) in [5.41, 5.74) is 3.64. The van der Waals surface area contributed by atoms with Crippen molar-refractivity contribution in [3.8, 4) is 23.1 Å². The Bertz CT molecular complexity index is 1650. The smallest absolute Gasteiger partial charge is 0.547 e. The molecule has 6 aromatic rings. The van der Waals surface area contributed by atoms with Crippen molar-refractivity contribution in [1.82, 2.24) is 14.5 Å². The Kier molecular flexibility index (Phi) is 6.04. The number of ether oxygens (including phenoxy) is 1. The van der Waals surface area contributed by atoms with E-state index in [9.17, 15) is 0 Å². The largest absolute Gasteiger partial charge is 2.00 e. The molecule has 0 spiro atoms. The van der Waals surface area contributed by atoms with Crippen molar-refractivity contribution in [3.63, 3.8) is 0 Å². The van der Waals surface area contributed by atoms with Crippen molar-refractivity contribution < 1.29 is 30.5 Å². The van der Waals surface area contributed by atoms with E-state index in [2.05, 4.69) is 50.9 Å². The zero-order chi connectivity index (χ0) is 23.2. The number of para-hydroxylation sites is 2. The van der Waals surface area contributed by atoms with Crippen molar-refractivity contribution in [2.24, 2.45) is 0 Å². The van der Waals surface area contributed by atoms with Gasteiger partial charge in [0.15, 0.2) is 0 Å². The maximum atomic E-state index is 6.10. The molecule has 0 amide bonds. The van der Waals surface area contributed by atoms with Crippen LogP contribution in [0.1, 0.15) is 0 Å². The fourth-order valence-electron chi connectivity index (χ4n) is 4.37. The van der Waals surface area contributed by atoms with Crippen LogP contribution in [0.5, 0.6) is 17.4 Å². The molecule has 0 saturated carbocycles. The minimum absolute atomic E-state index is 0. The summed E-state index contributed by atoms with van der Waals surface area (Å²) < 4.78 is 14.3. The summed E-state index contributed by atoms with van der Waals surface area (Å²) in [5, 5.41) is 2.23. The van der Waals surface area contributed by atoms with Gasteiger partial charge in [-0.15, -0.1) is 34.9 Å². The van der Waals surface area contributed by atoms with Crippen LogP contribution in [0, 0.1) is 12.1 Å². The molecule has 0 saturated heterocycles. The first kappa shape index (κ1) is 22.9. The molecule has 0 unspecified atom stereocenters. The number of fused-ring (bicyclic) bond motifs is 4. The van der Waals surface area contributed by atoms with Gasteiger partial charge in [0.25, 0.3) is 0 Å². The Hall–Kier alpha value is -3.54. The summed E-state index contributed by atoms with van der Waals surface area (Å²) in [4.78, 5) is 10.2. The Morgan fingerprint density at radius 3 is 2.61 bits per heavy atom. The first-order valence-corrected chi connectivity index (χ1v) is 12.1. The quantitative estimate of drug-likeness (QED) is 0.175. The van der Waals surface area contributed by atoms with Gasteiger partial charge in [-0.3, -0.25) is 4.98 Å². The van der Waals surface area contributed by atoms with E-state index in [1.54, 1.807) is 24.0 Å². The number of benzene rings is 3. The van der Waals surface area contributed by atoms with Crippen LogP contribution in [0.3, 0.4) is 0 Å². The third-order valence-corrected chi connectivity index (χ3v) is 7.06. The number of nitrogens with zero attached hydrogens (tertiary/aromatic N) is 3. The minimum atomic E-state index is -0.164. The van der Waals surface area contributed by atoms with E-state index in [1.807, 2.05) is 60.7 Å². The van der Waals surface area contributed by atoms with E-state index >= 15 is 0 Å². The molecule has 4 heterocycles. The van der Waals surface area contributed by atoms with Gasteiger partial charge in [-0.25, -0.2) is 4.98 Å². The molecule has 1 aliphatic heterocycles. The average molecular weight is 664 g/mol. The molecular formula is C28H16BN3O2PtS. The molecule has 0 atom stereocenters. The molecule has 36 heavy (non-hydrogen) atoms. The van der Waals surface area contributed by atoms with Gasteiger partial charge in [-0.2, -0.15) is 24.3 Å². The predicted octanol–water partition coefficient (Wildman–Crippen LogP) is 5.84. The van der Waals surface area contributed by atoms with Gasteiger partial charge in [0.1, 0.15) is 17.3 Å². The minimum Gasteiger partial charge on any atom is -0.547 e. The maximum absolute atomic E-state index is 6.10. The number of pyridine rings is 2. The molecular weight excluding hydrogens is 648 g/mol. The van der Waals surface area contributed by atoms with E-state index in [0.717, 1.165) is 43.7 Å². The Labute approximate surface area is 226 Å². The van der Waals surface area contributed by atoms with E-state index in [4.69, 9.17) is 9.39 Å². The Balaban J connectivity index is 0.00000240. The first-order valence-electron chi connectivity index (χ1n) is 11.2. The third kappa shape index (κ3) is 3.98. The van der Waals surface area contributed by atoms with Gasteiger partial charge >= 0.3 is 27.3 Å². The van der Waals surface area contributed by atoms with E-state index in [1.165, 1.54) is 0 Å². The molecule has 0 fully saturated rings. The van der Waals surface area contributed by atoms with Crippen LogP contribution in [0.15, 0.2) is 102 Å². The summed E-state index contributed by atoms with van der Waals surface area (Å²) >= 11 is 1.66. The van der Waals surface area contributed by atoms with E-state index < -0.39 is 0 Å². The predicted molar refractivity (Wildman–Crippen MR) is 139 cm³/mol. The molecule has 174 valence electrons. The Morgan fingerprint density at radius 1 is 0.806 bits per heavy atom. The van der Waals surface area contributed by atoms with Crippen LogP contribution < -0.4 is 14.9 Å². The van der Waals surface area contributed by atoms with E-state index in [-0.39, 0.29) is 27.3 Å². The van der Waals surface area contributed by atoms with Crippen LogP contribution in [0.25, 0.3) is 27.6 Å². The molecule has 8 heteroatoms. The molecule has 0 N–H and O–H groups in total. The number of hydrogen-bond donors (Lipinski definition) is 0. The van der Waals surface area contributed by atoms with E-state index in [0.29, 0.717) is 11.6 Å². The van der Waals surface area contributed by atoms with Crippen LogP contribution >= 0.6 is 11.6 Å². The molecule has 5 nitrogen and oxygen atoms in total. The van der Waals surface area contributed by atoms with Gasteiger partial charge in [0.2, 0.25) is 0 Å². The van der Waals surface area contributed by atoms with Crippen LogP contribution in [-0.4, -0.2) is 20.7 Å². The van der Waals surface area contributed by atoms with Crippen LogP contribution in [0.4, 0.5) is 0 Å². The van der Waals surface area contributed by atoms with Gasteiger partial charge in [-0.1, -0.05) is 30.3 Å². The summed E-state index contributed by atoms with van der Waals surface area (Å²) in [6.07, 6.45) is 3.36. The zero-order valence-corrected chi connectivity index (χ0v) is 21.8. The molecule has 3 aromatic carbocycles. The topological polar surface area (TPSA) is 49.2 Å². The normalized spacial score (nSPS) is 12.3. The SMILES string of the molecule is [Pt+2].[c-]1c(Oc2[c-]c(-n3c4ccccc4c4cccnc43)ccn2)cccc1B1Oc2ccccc2S1. The molecule has 0 bridgehead atoms. The van der Waals surface area contributed by atoms with Gasteiger partial charge in [0, 0.05) is 27.6 Å². The summed E-state index contributed by atoms with van der Waals surface area (Å²) in [6.45, 7) is 0. The van der Waals surface area contributed by atoms with Gasteiger partial charge in [-0.05, 0) is 36.5 Å². The zero-order valence-electron chi connectivity index (χ0n) is 18.7. The van der Waals surface area contributed by atoms with Crippen molar-refractivity contribution in [3.05, 3.63) is 109 Å². The number of rotatable bonds is 4. The maximum Gasteiger partial charge on any atom is 2.00 e. The first-order chi connectivity index (χ1) is 17.3. The second-order valence-electron chi connectivity index (χ2n) is 8.07. The second-order valence-corrected chi connectivity index (χ2v) is 9.18. The second kappa shape index (κ2) is 9.49. The summed E-state index contributed by atoms with van der Waals surface area (Å²) in [5.74, 6) is 1.81. The molecule has 3 aromatic heterocycles. The Morgan fingerprint density at radius 2 is 1.67 bits per heavy atom. The van der Waals surface area contributed by atoms with Crippen LogP contribution in [-0.2, 0) is 21.1 Å². The van der Waals surface area contributed by atoms with Crippen molar-refractivity contribution in [1.29, 1.82) is 0 Å². The van der Waals surface area contributed by atoms with Crippen LogP contribution in [0.2, 0.25) is 0 Å². The number of aromatic nitrogens is 3. The van der Waals surface area contributed by atoms with Crippen molar-refractivity contribution in [2.75, 3.05) is 0 Å². The fraction of sp³-hybridized carbons (Fsp3) is 0. The monoisotopic (exact) mass is 664 g/mol. The molecule has 0 aliphatic carbocycles. The van der Waals surface area contributed by atoms with Gasteiger partial charge < -0.3 is 14.0 Å². The third-order valence-electron chi connectivity index (χ3n) is 5.90. The summed E-state index contributed by atoms with van der Waals surface area (Å²) in [7, 11) is 0. The van der Waals surface area contributed by atoms with Gasteiger partial charge in [0.05, 0.1) is 5.52 Å². The summed E-state index contributed by atoms with van der Waals surface area (Å²) in [6, 6.07) is 34.7. The molecule has 1 aliphatic rings. The molecule has 7 rings (SSSR count). The van der Waals surface area contributed by atoms with Crippen molar-refractivity contribution >= 4 is 45.2 Å². The fourth-order valence-corrected chi connectivity index (χ4v) is 5.41. The standard InChI is InChI=1S/C28H16BN3O2S.Pt/c1-2-11-24-22(9-1)23-10-6-15-31-28(23)32(24)20-14-16-30-27(18-20)33-21-8-5-7-19(17-21)29-34-25-12-3-4-13-26(25)35-29;/h1-16H;/q-2;+2. The molecule has 0 radical (unpaired) electrons.